The summed E-state index contributed by atoms with van der Waals surface area (Å²) in [6.07, 6.45) is 2.18. The number of rotatable bonds is 12. The zero-order valence-corrected chi connectivity index (χ0v) is 20.8. The highest BCUT2D eigenvalue weighted by Crippen LogP contribution is 2.28. The first-order chi connectivity index (χ1) is 14.0. The van der Waals surface area contributed by atoms with Crippen LogP contribution in [0.3, 0.4) is 0 Å². The molecule has 0 heterocycles. The Bertz CT molecular complexity index is 787. The van der Waals surface area contributed by atoms with E-state index in [1.165, 1.54) is 0 Å². The predicted molar refractivity (Wildman–Crippen MR) is 127 cm³/mol. The molecule has 30 heavy (non-hydrogen) atoms. The van der Waals surface area contributed by atoms with Crippen LogP contribution in [0.5, 0.6) is 0 Å². The van der Waals surface area contributed by atoms with Crippen molar-refractivity contribution >= 4 is 27.3 Å². The normalized spacial score (nSPS) is 12.9. The molecule has 7 heteroatoms. The van der Waals surface area contributed by atoms with Gasteiger partial charge in [0.25, 0.3) is 0 Å². The van der Waals surface area contributed by atoms with Crippen LogP contribution in [0, 0.1) is 11.8 Å². The van der Waals surface area contributed by atoms with Crippen molar-refractivity contribution < 1.29 is 13.2 Å². The van der Waals surface area contributed by atoms with Gasteiger partial charge in [0.2, 0.25) is 15.9 Å². The summed E-state index contributed by atoms with van der Waals surface area (Å²) in [5, 5.41) is 0. The minimum atomic E-state index is -3.37. The molecule has 1 atom stereocenters. The van der Waals surface area contributed by atoms with E-state index in [2.05, 4.69) is 39.3 Å². The van der Waals surface area contributed by atoms with Gasteiger partial charge >= 0.3 is 0 Å². The van der Waals surface area contributed by atoms with Gasteiger partial charge in [-0.05, 0) is 55.9 Å². The number of nitrogens with one attached hydrogen (secondary N) is 1. The first-order valence-electron chi connectivity index (χ1n) is 11.1. The van der Waals surface area contributed by atoms with Gasteiger partial charge in [-0.25, -0.2) is 8.42 Å². The Morgan fingerprint density at radius 1 is 1.07 bits per heavy atom. The molecule has 1 aromatic rings. The van der Waals surface area contributed by atoms with E-state index in [9.17, 15) is 13.2 Å². The molecule has 1 rings (SSSR count). The molecule has 0 saturated carbocycles. The van der Waals surface area contributed by atoms with E-state index in [4.69, 9.17) is 0 Å². The van der Waals surface area contributed by atoms with Crippen molar-refractivity contribution in [1.82, 2.24) is 4.90 Å². The summed E-state index contributed by atoms with van der Waals surface area (Å²) in [5.41, 5.74) is 2.45. The summed E-state index contributed by atoms with van der Waals surface area (Å²) in [6, 6.07) is 5.64. The first kappa shape index (κ1) is 26.3. The Kier molecular flexibility index (Phi) is 10.1. The van der Waals surface area contributed by atoms with Crippen LogP contribution < -0.4 is 9.62 Å². The zero-order chi connectivity index (χ0) is 23.1. The summed E-state index contributed by atoms with van der Waals surface area (Å²) in [4.78, 5) is 17.3. The molecule has 0 bridgehead atoms. The molecule has 0 aliphatic carbocycles. The second-order valence-corrected chi connectivity index (χ2v) is 10.5. The quantitative estimate of drug-likeness (QED) is 0.512. The van der Waals surface area contributed by atoms with Gasteiger partial charge in [-0.1, -0.05) is 34.6 Å². The van der Waals surface area contributed by atoms with Crippen LogP contribution in [0.15, 0.2) is 18.2 Å². The van der Waals surface area contributed by atoms with Crippen molar-refractivity contribution in [2.24, 2.45) is 11.8 Å². The Labute approximate surface area is 184 Å². The van der Waals surface area contributed by atoms with Crippen LogP contribution in [0.1, 0.15) is 66.4 Å². The maximum Gasteiger partial charge on any atom is 0.232 e. The Morgan fingerprint density at radius 2 is 1.67 bits per heavy atom. The Morgan fingerprint density at radius 3 is 2.13 bits per heavy atom. The van der Waals surface area contributed by atoms with Crippen molar-refractivity contribution in [2.75, 3.05) is 29.5 Å². The van der Waals surface area contributed by atoms with Gasteiger partial charge in [-0.3, -0.25) is 9.52 Å². The van der Waals surface area contributed by atoms with Crippen LogP contribution in [0.25, 0.3) is 0 Å². The molecule has 0 spiro atoms. The maximum atomic E-state index is 13.3. The minimum Gasteiger partial charge on any atom is -0.377 e. The van der Waals surface area contributed by atoms with Crippen molar-refractivity contribution in [1.29, 1.82) is 0 Å². The molecule has 6 nitrogen and oxygen atoms in total. The second kappa shape index (κ2) is 11.6. The highest BCUT2D eigenvalue weighted by molar-refractivity contribution is 7.92. The third-order valence-corrected chi connectivity index (χ3v) is 7.21. The van der Waals surface area contributed by atoms with Crippen LogP contribution in [-0.2, 0) is 21.4 Å². The number of carbonyl (C=O) groups is 1. The average molecular weight is 440 g/mol. The van der Waals surface area contributed by atoms with Gasteiger partial charge in [0, 0.05) is 44.0 Å². The molecule has 0 unspecified atom stereocenters. The smallest absolute Gasteiger partial charge is 0.232 e. The molecule has 0 fully saturated rings. The molecule has 172 valence electrons. The van der Waals surface area contributed by atoms with Crippen molar-refractivity contribution in [3.05, 3.63) is 23.8 Å². The van der Waals surface area contributed by atoms with Crippen molar-refractivity contribution in [3.63, 3.8) is 0 Å². The van der Waals surface area contributed by atoms with E-state index in [0.29, 0.717) is 24.6 Å². The summed E-state index contributed by atoms with van der Waals surface area (Å²) < 4.78 is 27.2. The summed E-state index contributed by atoms with van der Waals surface area (Å²) in [7, 11) is 0.539. The number of carbonyl (C=O) groups excluding carboxylic acids is 1. The molecule has 0 radical (unpaired) electrons. The number of anilines is 2. The molecule has 1 N–H and O–H groups in total. The van der Waals surface area contributed by atoms with Crippen LogP contribution in [0.2, 0.25) is 0 Å². The van der Waals surface area contributed by atoms with Gasteiger partial charge in [0.1, 0.15) is 0 Å². The van der Waals surface area contributed by atoms with E-state index < -0.39 is 10.0 Å². The highest BCUT2D eigenvalue weighted by atomic mass is 32.2. The fourth-order valence-electron chi connectivity index (χ4n) is 3.55. The fraction of sp³-hybridized carbons (Fsp3) is 0.696. The number of benzene rings is 1. The highest BCUT2D eigenvalue weighted by Gasteiger charge is 2.28. The number of nitrogens with zero attached hydrogens (tertiary/aromatic N) is 2. The lowest BCUT2D eigenvalue weighted by atomic mass is 9.97. The molecule has 1 aromatic carbocycles. The first-order valence-corrected chi connectivity index (χ1v) is 12.7. The van der Waals surface area contributed by atoms with E-state index in [0.717, 1.165) is 24.1 Å². The van der Waals surface area contributed by atoms with Crippen molar-refractivity contribution in [3.8, 4) is 0 Å². The van der Waals surface area contributed by atoms with Gasteiger partial charge in [0.05, 0.1) is 5.75 Å². The number of hydrogen-bond acceptors (Lipinski definition) is 4. The lowest BCUT2D eigenvalue weighted by Crippen LogP contribution is -2.44. The third kappa shape index (κ3) is 7.18. The molecule has 0 aliphatic rings. The van der Waals surface area contributed by atoms with Crippen molar-refractivity contribution in [2.45, 2.75) is 73.4 Å². The predicted octanol–water partition coefficient (Wildman–Crippen LogP) is 4.71. The molecule has 0 aromatic heterocycles. The van der Waals surface area contributed by atoms with Crippen LogP contribution in [-0.4, -0.2) is 45.1 Å². The van der Waals surface area contributed by atoms with E-state index in [1.54, 1.807) is 6.07 Å². The second-order valence-electron chi connectivity index (χ2n) is 8.62. The van der Waals surface area contributed by atoms with E-state index in [1.807, 2.05) is 43.0 Å². The number of hydrogen-bond donors (Lipinski definition) is 1. The lowest BCUT2D eigenvalue weighted by molar-refractivity contribution is -0.139. The monoisotopic (exact) mass is 439 g/mol. The fourth-order valence-corrected chi connectivity index (χ4v) is 4.68. The molecule has 0 saturated heterocycles. The number of sulfonamides is 1. The average Bonchev–Trinajstić information content (AvgIpc) is 2.65. The summed E-state index contributed by atoms with van der Waals surface area (Å²) >= 11 is 0. The summed E-state index contributed by atoms with van der Waals surface area (Å²) in [6.45, 7) is 12.7. The van der Waals surface area contributed by atoms with E-state index in [-0.39, 0.29) is 23.6 Å². The van der Waals surface area contributed by atoms with Crippen LogP contribution >= 0.6 is 0 Å². The van der Waals surface area contributed by atoms with Crippen LogP contribution in [0.4, 0.5) is 11.4 Å². The van der Waals surface area contributed by atoms with Gasteiger partial charge in [-0.2, -0.15) is 0 Å². The molecule has 1 amide bonds. The maximum absolute atomic E-state index is 13.3. The van der Waals surface area contributed by atoms with Gasteiger partial charge in [-0.15, -0.1) is 0 Å². The Balaban J connectivity index is 3.37. The molecular formula is C23H41N3O3S. The lowest BCUT2D eigenvalue weighted by Gasteiger charge is -2.35. The van der Waals surface area contributed by atoms with Gasteiger partial charge < -0.3 is 9.80 Å². The third-order valence-electron chi connectivity index (χ3n) is 5.72. The topological polar surface area (TPSA) is 69.7 Å². The standard InChI is InChI=1S/C23H41N3O3S/c1-9-14-30(28,29)24-21-12-13-22(25(7)8)20(15-21)16-26(18(6)17(4)5)23(27)19(10-2)11-3/h12-13,15,17-19,24H,9-11,14,16H2,1-8H3/t18-/m1/s1. The summed E-state index contributed by atoms with van der Waals surface area (Å²) in [5.74, 6) is 0.571. The van der Waals surface area contributed by atoms with Gasteiger partial charge in [0.15, 0.2) is 0 Å². The zero-order valence-electron chi connectivity index (χ0n) is 20.0. The molecule has 0 aliphatic heterocycles. The Hall–Kier alpha value is -1.76. The number of amides is 1. The molecular weight excluding hydrogens is 398 g/mol. The minimum absolute atomic E-state index is 0.000228. The van der Waals surface area contributed by atoms with E-state index >= 15 is 0 Å². The largest absolute Gasteiger partial charge is 0.377 e. The SMILES string of the molecule is CCCS(=O)(=O)Nc1ccc(N(C)C)c(CN(C(=O)C(CC)CC)[C@H](C)C(C)C)c1.